The standard InChI is InChI=1S/C16H19N3O3/c1-4-9-19(10-5-2)16(22)15(21)18-14-8-6-7-13(11-14)17-12(3)20/h4-8,11H,1-2,9-10H2,3H3,(H,17,20)(H,18,21). The predicted octanol–water partition coefficient (Wildman–Crippen LogP) is 1.78. The molecule has 0 aliphatic carbocycles. The molecule has 0 heterocycles. The van der Waals surface area contributed by atoms with Crippen molar-refractivity contribution >= 4 is 29.1 Å². The molecule has 0 unspecified atom stereocenters. The number of rotatable bonds is 6. The summed E-state index contributed by atoms with van der Waals surface area (Å²) in [5, 5.41) is 5.10. The van der Waals surface area contributed by atoms with E-state index in [1.165, 1.54) is 24.0 Å². The molecule has 0 saturated heterocycles. The van der Waals surface area contributed by atoms with Crippen molar-refractivity contribution in [3.8, 4) is 0 Å². The van der Waals surface area contributed by atoms with E-state index in [4.69, 9.17) is 0 Å². The van der Waals surface area contributed by atoms with Gasteiger partial charge in [-0.25, -0.2) is 0 Å². The van der Waals surface area contributed by atoms with Crippen LogP contribution in [0.4, 0.5) is 11.4 Å². The lowest BCUT2D eigenvalue weighted by Gasteiger charge is -2.18. The average molecular weight is 301 g/mol. The number of carbonyl (C=O) groups is 3. The summed E-state index contributed by atoms with van der Waals surface area (Å²) in [7, 11) is 0. The molecule has 0 radical (unpaired) electrons. The molecular weight excluding hydrogens is 282 g/mol. The average Bonchev–Trinajstić information content (AvgIpc) is 2.46. The highest BCUT2D eigenvalue weighted by molar-refractivity contribution is 6.39. The topological polar surface area (TPSA) is 78.5 Å². The molecule has 6 heteroatoms. The van der Waals surface area contributed by atoms with Crippen molar-refractivity contribution in [1.29, 1.82) is 0 Å². The van der Waals surface area contributed by atoms with E-state index in [-0.39, 0.29) is 19.0 Å². The van der Waals surface area contributed by atoms with Crippen molar-refractivity contribution in [3.05, 3.63) is 49.6 Å². The van der Waals surface area contributed by atoms with Crippen LogP contribution in [0.3, 0.4) is 0 Å². The molecule has 0 aliphatic heterocycles. The van der Waals surface area contributed by atoms with Crippen LogP contribution in [0.1, 0.15) is 6.92 Å². The van der Waals surface area contributed by atoms with Crippen LogP contribution >= 0.6 is 0 Å². The molecule has 2 N–H and O–H groups in total. The molecule has 0 aliphatic rings. The molecule has 1 aromatic rings. The summed E-state index contributed by atoms with van der Waals surface area (Å²) >= 11 is 0. The lowest BCUT2D eigenvalue weighted by molar-refractivity contribution is -0.142. The second-order valence-electron chi connectivity index (χ2n) is 4.50. The van der Waals surface area contributed by atoms with Crippen molar-refractivity contribution in [2.75, 3.05) is 23.7 Å². The molecule has 22 heavy (non-hydrogen) atoms. The van der Waals surface area contributed by atoms with Crippen LogP contribution in [0.5, 0.6) is 0 Å². The van der Waals surface area contributed by atoms with Gasteiger partial charge in [0.15, 0.2) is 0 Å². The number of carbonyl (C=O) groups excluding carboxylic acids is 3. The van der Waals surface area contributed by atoms with E-state index in [2.05, 4.69) is 23.8 Å². The third-order valence-corrected chi connectivity index (χ3v) is 2.62. The van der Waals surface area contributed by atoms with E-state index in [0.29, 0.717) is 11.4 Å². The molecular formula is C16H19N3O3. The largest absolute Gasteiger partial charge is 0.327 e. The predicted molar refractivity (Wildman–Crippen MR) is 86.3 cm³/mol. The number of hydrogen-bond donors (Lipinski definition) is 2. The van der Waals surface area contributed by atoms with Crippen molar-refractivity contribution < 1.29 is 14.4 Å². The molecule has 0 spiro atoms. The van der Waals surface area contributed by atoms with Gasteiger partial charge in [0.25, 0.3) is 0 Å². The number of hydrogen-bond acceptors (Lipinski definition) is 3. The minimum absolute atomic E-state index is 0.220. The van der Waals surface area contributed by atoms with Gasteiger partial charge in [0.2, 0.25) is 5.91 Å². The maximum Gasteiger partial charge on any atom is 0.313 e. The van der Waals surface area contributed by atoms with Crippen LogP contribution in [0, 0.1) is 0 Å². The first kappa shape index (κ1) is 17.2. The van der Waals surface area contributed by atoms with Crippen LogP contribution in [0.25, 0.3) is 0 Å². The third-order valence-electron chi connectivity index (χ3n) is 2.62. The zero-order chi connectivity index (χ0) is 16.5. The fourth-order valence-corrected chi connectivity index (χ4v) is 1.76. The Morgan fingerprint density at radius 3 is 2.14 bits per heavy atom. The second kappa shape index (κ2) is 8.41. The van der Waals surface area contributed by atoms with Crippen molar-refractivity contribution in [3.63, 3.8) is 0 Å². The van der Waals surface area contributed by atoms with E-state index in [9.17, 15) is 14.4 Å². The zero-order valence-electron chi connectivity index (χ0n) is 12.5. The van der Waals surface area contributed by atoms with Gasteiger partial charge in [0, 0.05) is 31.4 Å². The van der Waals surface area contributed by atoms with Crippen molar-refractivity contribution in [1.82, 2.24) is 4.90 Å². The SMILES string of the molecule is C=CCN(CC=C)C(=O)C(=O)Nc1cccc(NC(C)=O)c1. The summed E-state index contributed by atoms with van der Waals surface area (Å²) in [6.45, 7) is 8.99. The van der Waals surface area contributed by atoms with E-state index in [0.717, 1.165) is 0 Å². The van der Waals surface area contributed by atoms with Gasteiger partial charge < -0.3 is 15.5 Å². The number of anilines is 2. The Kier molecular flexibility index (Phi) is 6.56. The smallest absolute Gasteiger partial charge is 0.313 e. The molecule has 0 bridgehead atoms. The summed E-state index contributed by atoms with van der Waals surface area (Å²) in [5.41, 5.74) is 0.952. The number of amides is 3. The van der Waals surface area contributed by atoms with Gasteiger partial charge in [-0.05, 0) is 18.2 Å². The first-order valence-corrected chi connectivity index (χ1v) is 6.67. The highest BCUT2D eigenvalue weighted by atomic mass is 16.2. The maximum atomic E-state index is 12.0. The summed E-state index contributed by atoms with van der Waals surface area (Å²) in [5.74, 6) is -1.66. The number of nitrogens with zero attached hydrogens (tertiary/aromatic N) is 1. The zero-order valence-corrected chi connectivity index (χ0v) is 12.5. The first-order chi connectivity index (χ1) is 10.5. The lowest BCUT2D eigenvalue weighted by Crippen LogP contribution is -2.39. The first-order valence-electron chi connectivity index (χ1n) is 6.67. The highest BCUT2D eigenvalue weighted by Crippen LogP contribution is 2.15. The van der Waals surface area contributed by atoms with Gasteiger partial charge in [0.05, 0.1) is 0 Å². The molecule has 3 amide bonds. The van der Waals surface area contributed by atoms with Crippen LogP contribution in [0.2, 0.25) is 0 Å². The Morgan fingerprint density at radius 2 is 1.64 bits per heavy atom. The number of nitrogens with one attached hydrogen (secondary N) is 2. The fourth-order valence-electron chi connectivity index (χ4n) is 1.76. The highest BCUT2D eigenvalue weighted by Gasteiger charge is 2.20. The Bertz CT molecular complexity index is 586. The Balaban J connectivity index is 2.78. The molecule has 0 fully saturated rings. The lowest BCUT2D eigenvalue weighted by atomic mass is 10.2. The molecule has 6 nitrogen and oxygen atoms in total. The quantitative estimate of drug-likeness (QED) is 0.621. The van der Waals surface area contributed by atoms with Gasteiger partial charge in [-0.1, -0.05) is 18.2 Å². The summed E-state index contributed by atoms with van der Waals surface area (Å²) < 4.78 is 0. The van der Waals surface area contributed by atoms with E-state index in [1.807, 2.05) is 0 Å². The Hall–Kier alpha value is -2.89. The molecule has 1 aromatic carbocycles. The fraction of sp³-hybridized carbons (Fsp3) is 0.188. The van der Waals surface area contributed by atoms with Crippen molar-refractivity contribution in [2.24, 2.45) is 0 Å². The van der Waals surface area contributed by atoms with E-state index in [1.54, 1.807) is 24.3 Å². The summed E-state index contributed by atoms with van der Waals surface area (Å²) in [6.07, 6.45) is 3.07. The van der Waals surface area contributed by atoms with Crippen LogP contribution < -0.4 is 10.6 Å². The normalized spacial score (nSPS) is 9.50. The van der Waals surface area contributed by atoms with Crippen LogP contribution in [0.15, 0.2) is 49.6 Å². The van der Waals surface area contributed by atoms with Gasteiger partial charge in [-0.3, -0.25) is 14.4 Å². The van der Waals surface area contributed by atoms with E-state index >= 15 is 0 Å². The van der Waals surface area contributed by atoms with Crippen LogP contribution in [-0.2, 0) is 14.4 Å². The Labute approximate surface area is 129 Å². The Morgan fingerprint density at radius 1 is 1.09 bits per heavy atom. The minimum Gasteiger partial charge on any atom is -0.327 e. The second-order valence-corrected chi connectivity index (χ2v) is 4.50. The molecule has 116 valence electrons. The molecule has 1 rings (SSSR count). The van der Waals surface area contributed by atoms with Gasteiger partial charge in [-0.15, -0.1) is 13.2 Å². The van der Waals surface area contributed by atoms with Crippen molar-refractivity contribution in [2.45, 2.75) is 6.92 Å². The third kappa shape index (κ3) is 5.24. The van der Waals surface area contributed by atoms with E-state index < -0.39 is 11.8 Å². The molecule has 0 aromatic heterocycles. The van der Waals surface area contributed by atoms with Gasteiger partial charge in [0.1, 0.15) is 0 Å². The summed E-state index contributed by atoms with van der Waals surface area (Å²) in [6, 6.07) is 6.54. The van der Waals surface area contributed by atoms with Gasteiger partial charge >= 0.3 is 11.8 Å². The number of benzene rings is 1. The minimum atomic E-state index is -0.760. The summed E-state index contributed by atoms with van der Waals surface area (Å²) in [4.78, 5) is 36.3. The maximum absolute atomic E-state index is 12.0. The van der Waals surface area contributed by atoms with Gasteiger partial charge in [-0.2, -0.15) is 0 Å². The monoisotopic (exact) mass is 301 g/mol. The van der Waals surface area contributed by atoms with Crippen LogP contribution in [-0.4, -0.2) is 35.7 Å². The molecule has 0 atom stereocenters. The molecule has 0 saturated carbocycles.